The molecule has 2 aliphatic heterocycles. The minimum absolute atomic E-state index is 0.123. The summed E-state index contributed by atoms with van der Waals surface area (Å²) in [6.07, 6.45) is 0.367. The number of imide groups is 1. The molecule has 9 heteroatoms. The van der Waals surface area contributed by atoms with Gasteiger partial charge < -0.3 is 9.84 Å². The lowest BCUT2D eigenvalue weighted by atomic mass is 9.97. The standard InChI is InChI=1S/C24H18F2N2O5/c1-12-9-19(27(22(12)29)21-17(25)7-4-8-18(21)26)33-11-16-15-10-13-5-2-3-6-14(13)20(15)28(23(16)30)24(31)32/h2-9,11,15,19-20H,10H2,1H3,(H,31,32). The zero-order valence-corrected chi connectivity index (χ0v) is 17.4. The van der Waals surface area contributed by atoms with Crippen LogP contribution in [-0.4, -0.2) is 34.1 Å². The van der Waals surface area contributed by atoms with Gasteiger partial charge in [-0.25, -0.2) is 18.5 Å². The van der Waals surface area contributed by atoms with E-state index in [1.54, 1.807) is 12.1 Å². The average Bonchev–Trinajstić information content (AvgIpc) is 3.36. The fourth-order valence-corrected chi connectivity index (χ4v) is 4.80. The summed E-state index contributed by atoms with van der Waals surface area (Å²) >= 11 is 0. The molecule has 1 N–H and O–H groups in total. The van der Waals surface area contributed by atoms with Gasteiger partial charge in [0.25, 0.3) is 11.8 Å². The van der Waals surface area contributed by atoms with Crippen LogP contribution in [0.3, 0.4) is 0 Å². The van der Waals surface area contributed by atoms with Crippen molar-refractivity contribution in [2.45, 2.75) is 25.6 Å². The van der Waals surface area contributed by atoms with E-state index in [1.165, 1.54) is 19.1 Å². The molecule has 3 amide bonds. The second-order valence-corrected chi connectivity index (χ2v) is 8.11. The van der Waals surface area contributed by atoms with Crippen LogP contribution in [0.5, 0.6) is 0 Å². The number of nitrogens with zero attached hydrogens (tertiary/aromatic N) is 2. The van der Waals surface area contributed by atoms with E-state index in [4.69, 9.17) is 4.74 Å². The van der Waals surface area contributed by atoms with Gasteiger partial charge in [0.15, 0.2) is 6.23 Å². The minimum atomic E-state index is -1.38. The monoisotopic (exact) mass is 452 g/mol. The molecule has 0 spiro atoms. The van der Waals surface area contributed by atoms with Crippen LogP contribution < -0.4 is 4.90 Å². The van der Waals surface area contributed by atoms with Crippen LogP contribution in [0.25, 0.3) is 0 Å². The Bertz CT molecular complexity index is 1250. The van der Waals surface area contributed by atoms with Gasteiger partial charge in [-0.15, -0.1) is 0 Å². The predicted molar refractivity (Wildman–Crippen MR) is 112 cm³/mol. The topological polar surface area (TPSA) is 87.2 Å². The fraction of sp³-hybridized carbons (Fsp3) is 0.208. The van der Waals surface area contributed by atoms with Crippen LogP contribution in [0.2, 0.25) is 0 Å². The molecule has 1 aliphatic carbocycles. The maximum Gasteiger partial charge on any atom is 0.414 e. The molecule has 3 atom stereocenters. The number of benzene rings is 2. The second-order valence-electron chi connectivity index (χ2n) is 8.11. The molecule has 5 rings (SSSR count). The molecule has 0 saturated carbocycles. The number of carbonyl (C=O) groups excluding carboxylic acids is 2. The highest BCUT2D eigenvalue weighted by molar-refractivity contribution is 6.08. The molecule has 2 aromatic carbocycles. The van der Waals surface area contributed by atoms with E-state index in [0.29, 0.717) is 6.42 Å². The number of para-hydroxylation sites is 1. The smallest absolute Gasteiger partial charge is 0.414 e. The number of halogens is 2. The number of carboxylic acid groups (broad SMARTS) is 1. The van der Waals surface area contributed by atoms with Crippen molar-refractivity contribution in [3.63, 3.8) is 0 Å². The third-order valence-electron chi connectivity index (χ3n) is 6.26. The largest absolute Gasteiger partial charge is 0.474 e. The molecule has 0 bridgehead atoms. The molecular weight excluding hydrogens is 434 g/mol. The zero-order valence-electron chi connectivity index (χ0n) is 17.4. The molecule has 1 saturated heterocycles. The lowest BCUT2D eigenvalue weighted by Crippen LogP contribution is -2.37. The van der Waals surface area contributed by atoms with Crippen LogP contribution in [0, 0.1) is 17.6 Å². The van der Waals surface area contributed by atoms with Gasteiger partial charge in [0.1, 0.15) is 17.3 Å². The van der Waals surface area contributed by atoms with Crippen LogP contribution in [0.1, 0.15) is 24.1 Å². The second kappa shape index (κ2) is 7.54. The van der Waals surface area contributed by atoms with Crippen molar-refractivity contribution in [2.24, 2.45) is 5.92 Å². The first-order chi connectivity index (χ1) is 15.8. The Kier molecular flexibility index (Phi) is 4.77. The van der Waals surface area contributed by atoms with Crippen molar-refractivity contribution >= 4 is 23.6 Å². The summed E-state index contributed by atoms with van der Waals surface area (Å²) in [5.74, 6) is -3.70. The Labute approximate surface area is 187 Å². The van der Waals surface area contributed by atoms with E-state index in [1.807, 2.05) is 12.1 Å². The number of carbonyl (C=O) groups is 3. The van der Waals surface area contributed by atoms with Crippen molar-refractivity contribution in [2.75, 3.05) is 4.90 Å². The highest BCUT2D eigenvalue weighted by Crippen LogP contribution is 2.49. The van der Waals surface area contributed by atoms with Gasteiger partial charge in [0.2, 0.25) is 0 Å². The number of likely N-dealkylation sites (tertiary alicyclic amines) is 1. The van der Waals surface area contributed by atoms with Crippen LogP contribution in [-0.2, 0) is 20.7 Å². The third kappa shape index (κ3) is 3.11. The lowest BCUT2D eigenvalue weighted by molar-refractivity contribution is -0.124. The molecule has 33 heavy (non-hydrogen) atoms. The summed E-state index contributed by atoms with van der Waals surface area (Å²) in [6, 6.07) is 9.85. The summed E-state index contributed by atoms with van der Waals surface area (Å²) < 4.78 is 34.5. The maximum absolute atomic E-state index is 14.4. The number of anilines is 1. The highest BCUT2D eigenvalue weighted by atomic mass is 19.1. The van der Waals surface area contributed by atoms with E-state index in [-0.39, 0.29) is 11.1 Å². The first-order valence-electron chi connectivity index (χ1n) is 10.3. The number of amides is 3. The first-order valence-corrected chi connectivity index (χ1v) is 10.3. The Morgan fingerprint density at radius 3 is 2.48 bits per heavy atom. The molecule has 3 aliphatic rings. The van der Waals surface area contributed by atoms with E-state index >= 15 is 0 Å². The molecule has 0 radical (unpaired) electrons. The number of hydrogen-bond acceptors (Lipinski definition) is 4. The molecule has 3 unspecified atom stereocenters. The number of rotatable bonds is 3. The van der Waals surface area contributed by atoms with Gasteiger partial charge in [0, 0.05) is 11.5 Å². The van der Waals surface area contributed by atoms with Crippen molar-refractivity contribution in [1.29, 1.82) is 0 Å². The summed E-state index contributed by atoms with van der Waals surface area (Å²) in [5, 5.41) is 9.67. The molecule has 2 heterocycles. The quantitative estimate of drug-likeness (QED) is 0.564. The Morgan fingerprint density at radius 2 is 1.79 bits per heavy atom. The Balaban J connectivity index is 1.50. The van der Waals surface area contributed by atoms with Crippen LogP contribution in [0.4, 0.5) is 19.3 Å². The van der Waals surface area contributed by atoms with Crippen molar-refractivity contribution < 1.29 is 33.0 Å². The zero-order chi connectivity index (χ0) is 23.4. The molecule has 0 aromatic heterocycles. The van der Waals surface area contributed by atoms with E-state index in [0.717, 1.165) is 39.3 Å². The van der Waals surface area contributed by atoms with Gasteiger partial charge in [-0.3, -0.25) is 14.5 Å². The summed E-state index contributed by atoms with van der Waals surface area (Å²) in [7, 11) is 0. The summed E-state index contributed by atoms with van der Waals surface area (Å²) in [6.45, 7) is 1.49. The number of fused-ring (bicyclic) bond motifs is 3. The first kappa shape index (κ1) is 20.9. The number of ether oxygens (including phenoxy) is 1. The molecule has 1 fully saturated rings. The lowest BCUT2D eigenvalue weighted by Gasteiger charge is -2.25. The van der Waals surface area contributed by atoms with Crippen molar-refractivity contribution in [3.8, 4) is 0 Å². The van der Waals surface area contributed by atoms with Gasteiger partial charge in [-0.2, -0.15) is 0 Å². The van der Waals surface area contributed by atoms with Crippen LogP contribution in [0.15, 0.2) is 65.9 Å². The van der Waals surface area contributed by atoms with Gasteiger partial charge >= 0.3 is 6.09 Å². The van der Waals surface area contributed by atoms with Gasteiger partial charge in [-0.05, 0) is 42.7 Å². The number of hydrogen-bond donors (Lipinski definition) is 1. The predicted octanol–water partition coefficient (Wildman–Crippen LogP) is 3.92. The van der Waals surface area contributed by atoms with E-state index in [9.17, 15) is 28.3 Å². The average molecular weight is 452 g/mol. The van der Waals surface area contributed by atoms with Crippen LogP contribution >= 0.6 is 0 Å². The normalized spacial score (nSPS) is 24.9. The Morgan fingerprint density at radius 1 is 1.09 bits per heavy atom. The highest BCUT2D eigenvalue weighted by Gasteiger charge is 2.52. The maximum atomic E-state index is 14.4. The van der Waals surface area contributed by atoms with Crippen molar-refractivity contribution in [1.82, 2.24) is 4.90 Å². The van der Waals surface area contributed by atoms with E-state index < -0.39 is 53.4 Å². The summed E-state index contributed by atoms with van der Waals surface area (Å²) in [4.78, 5) is 39.0. The minimum Gasteiger partial charge on any atom is -0.474 e. The van der Waals surface area contributed by atoms with E-state index in [2.05, 4.69) is 0 Å². The molecule has 168 valence electrons. The molecule has 2 aromatic rings. The van der Waals surface area contributed by atoms with Crippen molar-refractivity contribution in [3.05, 3.63) is 88.7 Å². The third-order valence-corrected chi connectivity index (χ3v) is 6.26. The SMILES string of the molecule is CC1=CC(OC=C2C(=O)N(C(=O)O)C3c4ccccc4CC23)N(c2c(F)cccc2F)C1=O. The van der Waals surface area contributed by atoms with Gasteiger partial charge in [0.05, 0.1) is 17.9 Å². The summed E-state index contributed by atoms with van der Waals surface area (Å²) in [5.41, 5.74) is 1.47. The van der Waals surface area contributed by atoms with Gasteiger partial charge in [-0.1, -0.05) is 30.3 Å². The molecule has 7 nitrogen and oxygen atoms in total. The molecular formula is C24H18F2N2O5. The Hall–Kier alpha value is -4.01. The fourth-order valence-electron chi connectivity index (χ4n) is 4.80.